The molecule has 0 fully saturated rings. The summed E-state index contributed by atoms with van der Waals surface area (Å²) in [7, 11) is 3.00. The van der Waals surface area contributed by atoms with E-state index in [9.17, 15) is 19.7 Å². The van der Waals surface area contributed by atoms with E-state index in [4.69, 9.17) is 14.2 Å². The van der Waals surface area contributed by atoms with Gasteiger partial charge in [0, 0.05) is 18.2 Å². The fourth-order valence-electron chi connectivity index (χ4n) is 3.33. The number of non-ortho nitro benzene ring substituents is 1. The number of amides is 2. The van der Waals surface area contributed by atoms with Crippen molar-refractivity contribution in [2.24, 2.45) is 0 Å². The largest absolute Gasteiger partial charge is 0.497 e. The first-order chi connectivity index (χ1) is 15.8. The summed E-state index contributed by atoms with van der Waals surface area (Å²) in [5.41, 5.74) is 0.860. The highest BCUT2D eigenvalue weighted by Gasteiger charge is 2.39. The van der Waals surface area contributed by atoms with Crippen LogP contribution < -0.4 is 14.8 Å². The Labute approximate surface area is 190 Å². The van der Waals surface area contributed by atoms with Gasteiger partial charge in [-0.1, -0.05) is 0 Å². The number of nitro groups is 1. The number of carbonyl (C=O) groups excluding carboxylic acids is 2. The minimum absolute atomic E-state index is 0.0434. The van der Waals surface area contributed by atoms with Crippen molar-refractivity contribution in [2.75, 3.05) is 32.7 Å². The number of benzene rings is 2. The van der Waals surface area contributed by atoms with Crippen LogP contribution in [0.1, 0.15) is 19.4 Å². The molecule has 0 aromatic heterocycles. The van der Waals surface area contributed by atoms with Gasteiger partial charge in [0.15, 0.2) is 0 Å². The summed E-state index contributed by atoms with van der Waals surface area (Å²) < 4.78 is 16.1. The Morgan fingerprint density at radius 3 is 2.30 bits per heavy atom. The Bertz CT molecular complexity index is 1090. The van der Waals surface area contributed by atoms with Crippen LogP contribution in [0.5, 0.6) is 11.5 Å². The van der Waals surface area contributed by atoms with E-state index in [-0.39, 0.29) is 36.2 Å². The van der Waals surface area contributed by atoms with E-state index >= 15 is 0 Å². The molecular formula is C23H25N3O7. The number of hydrogen-bond donors (Lipinski definition) is 1. The van der Waals surface area contributed by atoms with E-state index < -0.39 is 16.7 Å². The highest BCUT2D eigenvalue weighted by Crippen LogP contribution is 2.35. The Morgan fingerprint density at radius 1 is 1.03 bits per heavy atom. The second kappa shape index (κ2) is 10.1. The number of ether oxygens (including phenoxy) is 3. The average Bonchev–Trinajstić information content (AvgIpc) is 3.03. The molecule has 0 unspecified atom stereocenters. The van der Waals surface area contributed by atoms with Crippen LogP contribution in [0.4, 0.5) is 11.4 Å². The Balaban J connectivity index is 2.02. The zero-order chi connectivity index (χ0) is 24.1. The molecule has 1 heterocycles. The SMILES string of the molecule is COc1ccc(NC2=C(c3ccc([N+](=O)[O-])cc3)C(=O)N(CCOC(C)C)C2=O)c(OC)c1. The summed E-state index contributed by atoms with van der Waals surface area (Å²) in [5, 5.41) is 14.0. The smallest absolute Gasteiger partial charge is 0.278 e. The lowest BCUT2D eigenvalue weighted by atomic mass is 10.0. The highest BCUT2D eigenvalue weighted by atomic mass is 16.6. The molecule has 174 valence electrons. The number of nitrogens with one attached hydrogen (secondary N) is 1. The van der Waals surface area contributed by atoms with Gasteiger partial charge in [0.25, 0.3) is 17.5 Å². The van der Waals surface area contributed by atoms with Crippen molar-refractivity contribution < 1.29 is 28.7 Å². The molecule has 10 nitrogen and oxygen atoms in total. The zero-order valence-corrected chi connectivity index (χ0v) is 18.8. The molecule has 2 aromatic carbocycles. The normalized spacial score (nSPS) is 13.7. The summed E-state index contributed by atoms with van der Waals surface area (Å²) in [4.78, 5) is 38.0. The molecular weight excluding hydrogens is 430 g/mol. The molecule has 10 heteroatoms. The van der Waals surface area contributed by atoms with Crippen molar-refractivity contribution in [2.45, 2.75) is 20.0 Å². The van der Waals surface area contributed by atoms with Gasteiger partial charge in [-0.15, -0.1) is 0 Å². The summed E-state index contributed by atoms with van der Waals surface area (Å²) in [6.07, 6.45) is -0.0546. The molecule has 0 saturated heterocycles. The van der Waals surface area contributed by atoms with Crippen molar-refractivity contribution >= 4 is 28.8 Å². The van der Waals surface area contributed by atoms with Gasteiger partial charge in [-0.05, 0) is 43.7 Å². The topological polar surface area (TPSA) is 120 Å². The van der Waals surface area contributed by atoms with Crippen LogP contribution >= 0.6 is 0 Å². The number of nitrogens with zero attached hydrogens (tertiary/aromatic N) is 2. The molecule has 2 aromatic rings. The third-order valence-electron chi connectivity index (χ3n) is 4.97. The molecule has 0 spiro atoms. The Morgan fingerprint density at radius 2 is 1.73 bits per heavy atom. The molecule has 0 radical (unpaired) electrons. The van der Waals surface area contributed by atoms with Gasteiger partial charge < -0.3 is 19.5 Å². The fraction of sp³-hybridized carbons (Fsp3) is 0.304. The lowest BCUT2D eigenvalue weighted by Gasteiger charge is -2.17. The van der Waals surface area contributed by atoms with Gasteiger partial charge in [0.2, 0.25) is 0 Å². The van der Waals surface area contributed by atoms with Gasteiger partial charge in [0.05, 0.1) is 49.7 Å². The Hall–Kier alpha value is -3.92. The number of anilines is 1. The molecule has 0 bridgehead atoms. The highest BCUT2D eigenvalue weighted by molar-refractivity contribution is 6.36. The summed E-state index contributed by atoms with van der Waals surface area (Å²) in [6, 6.07) is 10.5. The van der Waals surface area contributed by atoms with Crippen LogP contribution in [0, 0.1) is 10.1 Å². The van der Waals surface area contributed by atoms with E-state index in [2.05, 4.69) is 5.32 Å². The predicted molar refractivity (Wildman–Crippen MR) is 121 cm³/mol. The van der Waals surface area contributed by atoms with Gasteiger partial charge in [-0.2, -0.15) is 0 Å². The third-order valence-corrected chi connectivity index (χ3v) is 4.97. The molecule has 2 amide bonds. The monoisotopic (exact) mass is 455 g/mol. The average molecular weight is 455 g/mol. The van der Waals surface area contributed by atoms with Crippen LogP contribution in [0.15, 0.2) is 48.2 Å². The maximum atomic E-state index is 13.2. The standard InChI is InChI=1S/C23H25N3O7/c1-14(2)33-12-11-25-22(27)20(15-5-7-16(8-6-15)26(29)30)21(23(25)28)24-18-10-9-17(31-3)13-19(18)32-4/h5-10,13-14,24H,11-12H2,1-4H3. The first-order valence-corrected chi connectivity index (χ1v) is 10.2. The lowest BCUT2D eigenvalue weighted by Crippen LogP contribution is -2.35. The molecule has 0 aliphatic carbocycles. The lowest BCUT2D eigenvalue weighted by molar-refractivity contribution is -0.384. The number of carbonyl (C=O) groups is 2. The second-order valence-corrected chi connectivity index (χ2v) is 7.43. The van der Waals surface area contributed by atoms with E-state index in [1.807, 2.05) is 13.8 Å². The molecule has 1 N–H and O–H groups in total. The number of hydrogen-bond acceptors (Lipinski definition) is 8. The van der Waals surface area contributed by atoms with Gasteiger partial charge >= 0.3 is 0 Å². The van der Waals surface area contributed by atoms with Crippen LogP contribution in [-0.4, -0.2) is 55.1 Å². The summed E-state index contributed by atoms with van der Waals surface area (Å²) in [6.45, 7) is 3.97. The van der Waals surface area contributed by atoms with E-state index in [1.165, 1.54) is 38.5 Å². The van der Waals surface area contributed by atoms with Crippen molar-refractivity contribution in [1.29, 1.82) is 0 Å². The number of nitro benzene ring substituents is 1. The van der Waals surface area contributed by atoms with Crippen molar-refractivity contribution in [3.63, 3.8) is 0 Å². The quantitative estimate of drug-likeness (QED) is 0.329. The Kier molecular flexibility index (Phi) is 7.29. The van der Waals surface area contributed by atoms with Gasteiger partial charge in [-0.25, -0.2) is 0 Å². The minimum atomic E-state index is -0.531. The predicted octanol–water partition coefficient (Wildman–Crippen LogP) is 3.23. The fourth-order valence-corrected chi connectivity index (χ4v) is 3.33. The minimum Gasteiger partial charge on any atom is -0.497 e. The molecule has 0 atom stereocenters. The summed E-state index contributed by atoms with van der Waals surface area (Å²) in [5.74, 6) is -0.0789. The molecule has 0 saturated carbocycles. The first-order valence-electron chi connectivity index (χ1n) is 10.2. The zero-order valence-electron chi connectivity index (χ0n) is 18.8. The van der Waals surface area contributed by atoms with E-state index in [0.29, 0.717) is 22.7 Å². The van der Waals surface area contributed by atoms with Crippen LogP contribution in [-0.2, 0) is 14.3 Å². The number of imide groups is 1. The van der Waals surface area contributed by atoms with Crippen molar-refractivity contribution in [3.8, 4) is 11.5 Å². The van der Waals surface area contributed by atoms with Crippen LogP contribution in [0.3, 0.4) is 0 Å². The molecule has 1 aliphatic heterocycles. The molecule has 33 heavy (non-hydrogen) atoms. The second-order valence-electron chi connectivity index (χ2n) is 7.43. The van der Waals surface area contributed by atoms with Gasteiger partial charge in [-0.3, -0.25) is 24.6 Å². The first kappa shape index (κ1) is 23.7. The van der Waals surface area contributed by atoms with E-state index in [1.54, 1.807) is 18.2 Å². The van der Waals surface area contributed by atoms with Crippen molar-refractivity contribution in [1.82, 2.24) is 4.90 Å². The van der Waals surface area contributed by atoms with Crippen molar-refractivity contribution in [3.05, 3.63) is 63.8 Å². The number of rotatable bonds is 10. The maximum Gasteiger partial charge on any atom is 0.278 e. The third kappa shape index (κ3) is 5.12. The maximum absolute atomic E-state index is 13.2. The van der Waals surface area contributed by atoms with Crippen LogP contribution in [0.2, 0.25) is 0 Å². The van der Waals surface area contributed by atoms with Crippen LogP contribution in [0.25, 0.3) is 5.57 Å². The van der Waals surface area contributed by atoms with E-state index in [0.717, 1.165) is 4.90 Å². The summed E-state index contributed by atoms with van der Waals surface area (Å²) >= 11 is 0. The number of methoxy groups -OCH3 is 2. The molecule has 1 aliphatic rings. The molecule has 3 rings (SSSR count). The van der Waals surface area contributed by atoms with Gasteiger partial charge in [0.1, 0.15) is 17.2 Å².